The van der Waals surface area contributed by atoms with E-state index in [9.17, 15) is 29.2 Å². The lowest BCUT2D eigenvalue weighted by Gasteiger charge is -2.38. The highest BCUT2D eigenvalue weighted by Crippen LogP contribution is 2.29. The molecule has 1 aliphatic rings. The van der Waals surface area contributed by atoms with Gasteiger partial charge in [-0.05, 0) is 0 Å². The molecule has 0 spiro atoms. The number of hydrogen-bond acceptors (Lipinski definition) is 6. The summed E-state index contributed by atoms with van der Waals surface area (Å²) in [7, 11) is 0. The van der Waals surface area contributed by atoms with E-state index in [4.69, 9.17) is 5.11 Å². The zero-order chi connectivity index (χ0) is 16.4. The largest absolute Gasteiger partial charge is 0.480 e. The van der Waals surface area contributed by atoms with E-state index in [0.29, 0.717) is 0 Å². The number of anilines is 1. The first-order valence-electron chi connectivity index (χ1n) is 6.09. The Morgan fingerprint density at radius 3 is 2.59 bits per heavy atom. The summed E-state index contributed by atoms with van der Waals surface area (Å²) < 4.78 is 13.3. The molecule has 1 amide bonds. The molecule has 2 N–H and O–H groups in total. The lowest BCUT2D eigenvalue weighted by Crippen LogP contribution is -2.58. The molecule has 2 heterocycles. The zero-order valence-electron chi connectivity index (χ0n) is 11.0. The summed E-state index contributed by atoms with van der Waals surface area (Å²) in [5.41, 5.74) is -0.545. The number of nitrogens with zero attached hydrogens (tertiary/aromatic N) is 4. The van der Waals surface area contributed by atoms with Crippen LogP contribution in [0.25, 0.3) is 0 Å². The second kappa shape index (κ2) is 5.79. The van der Waals surface area contributed by atoms with Crippen molar-refractivity contribution in [2.24, 2.45) is 0 Å². The van der Waals surface area contributed by atoms with E-state index in [0.717, 1.165) is 21.9 Å². The van der Waals surface area contributed by atoms with Crippen molar-refractivity contribution in [2.45, 2.75) is 6.04 Å². The molecule has 1 aromatic rings. The van der Waals surface area contributed by atoms with Crippen LogP contribution in [0.2, 0.25) is 0 Å². The number of carbonyl (C=O) groups is 2. The Morgan fingerprint density at radius 2 is 2.05 bits per heavy atom. The fourth-order valence-electron chi connectivity index (χ4n) is 2.19. The Bertz CT molecular complexity index is 639. The van der Waals surface area contributed by atoms with E-state index in [1.807, 2.05) is 0 Å². The maximum Gasteiger partial charge on any atom is 0.407 e. The van der Waals surface area contributed by atoms with Crippen molar-refractivity contribution in [3.8, 4) is 0 Å². The molecule has 11 heteroatoms. The Balaban J connectivity index is 2.42. The SMILES string of the molecule is O=C(O)C1CN(C(=O)O)CCN1c1nc(F)ccc1[N+](=O)[O-]. The van der Waals surface area contributed by atoms with E-state index < -0.39 is 47.0 Å². The summed E-state index contributed by atoms with van der Waals surface area (Å²) in [6.07, 6.45) is -1.30. The number of halogens is 1. The normalized spacial score (nSPS) is 18.1. The number of nitro groups is 1. The molecule has 1 aliphatic heterocycles. The van der Waals surface area contributed by atoms with Crippen molar-refractivity contribution < 1.29 is 29.1 Å². The number of pyridine rings is 1. The molecule has 1 atom stereocenters. The van der Waals surface area contributed by atoms with Gasteiger partial charge in [0.15, 0.2) is 0 Å². The van der Waals surface area contributed by atoms with Gasteiger partial charge in [-0.1, -0.05) is 0 Å². The molecular formula is C11H11FN4O6. The smallest absolute Gasteiger partial charge is 0.407 e. The highest BCUT2D eigenvalue weighted by molar-refractivity contribution is 5.81. The first-order chi connectivity index (χ1) is 10.3. The molecule has 0 bridgehead atoms. The van der Waals surface area contributed by atoms with Gasteiger partial charge in [-0.3, -0.25) is 10.1 Å². The molecule has 22 heavy (non-hydrogen) atoms. The number of hydrogen-bond donors (Lipinski definition) is 2. The molecule has 0 radical (unpaired) electrons. The van der Waals surface area contributed by atoms with Gasteiger partial charge in [0, 0.05) is 25.2 Å². The average Bonchev–Trinajstić information content (AvgIpc) is 2.45. The molecule has 0 aliphatic carbocycles. The molecule has 118 valence electrons. The lowest BCUT2D eigenvalue weighted by atomic mass is 10.1. The number of aliphatic carboxylic acids is 1. The standard InChI is InChI=1S/C11H11FN4O6/c12-8-2-1-6(16(21)22)9(13-8)15-4-3-14(11(19)20)5-7(15)10(17)18/h1-2,7H,3-5H2,(H,17,18)(H,19,20). The number of rotatable bonds is 3. The number of aromatic nitrogens is 1. The number of carboxylic acid groups (broad SMARTS) is 2. The first kappa shape index (κ1) is 15.4. The third kappa shape index (κ3) is 2.87. The third-order valence-corrected chi connectivity index (χ3v) is 3.23. The van der Waals surface area contributed by atoms with Crippen molar-refractivity contribution in [1.29, 1.82) is 0 Å². The van der Waals surface area contributed by atoms with Gasteiger partial charge in [0.1, 0.15) is 6.04 Å². The average molecular weight is 314 g/mol. The fourth-order valence-corrected chi connectivity index (χ4v) is 2.19. The van der Waals surface area contributed by atoms with Crippen molar-refractivity contribution in [3.63, 3.8) is 0 Å². The van der Waals surface area contributed by atoms with Crippen LogP contribution >= 0.6 is 0 Å². The summed E-state index contributed by atoms with van der Waals surface area (Å²) in [6.45, 7) is -0.630. The molecule has 0 aromatic carbocycles. The Kier molecular flexibility index (Phi) is 4.06. The molecule has 1 aromatic heterocycles. The van der Waals surface area contributed by atoms with Gasteiger partial charge in [-0.25, -0.2) is 9.59 Å². The second-order valence-electron chi connectivity index (χ2n) is 4.51. The van der Waals surface area contributed by atoms with Crippen LogP contribution in [0.4, 0.5) is 20.7 Å². The van der Waals surface area contributed by atoms with Crippen LogP contribution in [0.15, 0.2) is 12.1 Å². The molecule has 2 rings (SSSR count). The minimum Gasteiger partial charge on any atom is -0.480 e. The number of piperazine rings is 1. The van der Waals surface area contributed by atoms with Crippen LogP contribution < -0.4 is 4.90 Å². The summed E-state index contributed by atoms with van der Waals surface area (Å²) >= 11 is 0. The lowest BCUT2D eigenvalue weighted by molar-refractivity contribution is -0.384. The molecular weight excluding hydrogens is 303 g/mol. The molecule has 0 saturated carbocycles. The van der Waals surface area contributed by atoms with Gasteiger partial charge in [-0.2, -0.15) is 9.37 Å². The highest BCUT2D eigenvalue weighted by Gasteiger charge is 2.38. The van der Waals surface area contributed by atoms with Crippen LogP contribution in [0.3, 0.4) is 0 Å². The van der Waals surface area contributed by atoms with Gasteiger partial charge >= 0.3 is 17.7 Å². The molecule has 1 unspecified atom stereocenters. The van der Waals surface area contributed by atoms with E-state index >= 15 is 0 Å². The van der Waals surface area contributed by atoms with Crippen LogP contribution in [-0.2, 0) is 4.79 Å². The summed E-state index contributed by atoms with van der Waals surface area (Å²) in [5, 5.41) is 29.1. The Labute approximate surface area is 122 Å². The van der Waals surface area contributed by atoms with Crippen LogP contribution in [0, 0.1) is 16.1 Å². The van der Waals surface area contributed by atoms with Gasteiger partial charge in [-0.15, -0.1) is 0 Å². The number of amides is 1. The predicted molar refractivity (Wildman–Crippen MR) is 69.2 cm³/mol. The third-order valence-electron chi connectivity index (χ3n) is 3.23. The van der Waals surface area contributed by atoms with Crippen LogP contribution in [0.5, 0.6) is 0 Å². The topological polar surface area (TPSA) is 137 Å². The van der Waals surface area contributed by atoms with Gasteiger partial charge in [0.2, 0.25) is 11.8 Å². The summed E-state index contributed by atoms with van der Waals surface area (Å²) in [6, 6.07) is 0.295. The Hall–Kier alpha value is -2.98. The zero-order valence-corrected chi connectivity index (χ0v) is 11.0. The van der Waals surface area contributed by atoms with E-state index in [1.165, 1.54) is 0 Å². The van der Waals surface area contributed by atoms with Crippen molar-refractivity contribution in [1.82, 2.24) is 9.88 Å². The summed E-state index contributed by atoms with van der Waals surface area (Å²) in [5.74, 6) is -2.81. The molecule has 1 saturated heterocycles. The van der Waals surface area contributed by atoms with Crippen LogP contribution in [0.1, 0.15) is 0 Å². The number of carboxylic acids is 1. The van der Waals surface area contributed by atoms with E-state index in [2.05, 4.69) is 4.98 Å². The van der Waals surface area contributed by atoms with Crippen LogP contribution in [-0.4, -0.2) is 62.8 Å². The van der Waals surface area contributed by atoms with Crippen molar-refractivity contribution >= 4 is 23.6 Å². The molecule has 1 fully saturated rings. The quantitative estimate of drug-likeness (QED) is 0.464. The molecule has 10 nitrogen and oxygen atoms in total. The highest BCUT2D eigenvalue weighted by atomic mass is 19.1. The van der Waals surface area contributed by atoms with Crippen molar-refractivity contribution in [3.05, 3.63) is 28.2 Å². The maximum atomic E-state index is 13.3. The Morgan fingerprint density at radius 1 is 1.36 bits per heavy atom. The fraction of sp³-hybridized carbons (Fsp3) is 0.364. The van der Waals surface area contributed by atoms with E-state index in [-0.39, 0.29) is 13.1 Å². The van der Waals surface area contributed by atoms with Crippen molar-refractivity contribution in [2.75, 3.05) is 24.5 Å². The maximum absolute atomic E-state index is 13.3. The predicted octanol–water partition coefficient (Wildman–Crippen LogP) is 0.382. The first-order valence-corrected chi connectivity index (χ1v) is 6.09. The monoisotopic (exact) mass is 314 g/mol. The minimum absolute atomic E-state index is 0.0749. The minimum atomic E-state index is -1.39. The van der Waals surface area contributed by atoms with Gasteiger partial charge in [0.25, 0.3) is 0 Å². The van der Waals surface area contributed by atoms with Gasteiger partial charge < -0.3 is 20.0 Å². The second-order valence-corrected chi connectivity index (χ2v) is 4.51. The van der Waals surface area contributed by atoms with E-state index in [1.54, 1.807) is 0 Å². The summed E-state index contributed by atoms with van der Waals surface area (Å²) in [4.78, 5) is 37.7. The van der Waals surface area contributed by atoms with Gasteiger partial charge in [0.05, 0.1) is 11.5 Å².